The standard InChI is InChI=1S/C13H16N4O3/c1-9(13(18)14-7-12-15-8-16-17-12)20-11-5-3-10(19-2)4-6-11/h3-6,8-9H,7H2,1-2H3,(H,14,18)(H,15,16,17). The molecule has 0 radical (unpaired) electrons. The lowest BCUT2D eigenvalue weighted by Crippen LogP contribution is -2.36. The molecule has 1 unspecified atom stereocenters. The van der Waals surface area contributed by atoms with Crippen molar-refractivity contribution in [3.63, 3.8) is 0 Å². The summed E-state index contributed by atoms with van der Waals surface area (Å²) in [6, 6.07) is 7.04. The number of hydrogen-bond acceptors (Lipinski definition) is 5. The average Bonchev–Trinajstić information content (AvgIpc) is 2.98. The molecule has 0 saturated heterocycles. The summed E-state index contributed by atoms with van der Waals surface area (Å²) < 4.78 is 10.6. The van der Waals surface area contributed by atoms with Gasteiger partial charge in [-0.25, -0.2) is 4.98 Å². The number of benzene rings is 1. The molecular weight excluding hydrogens is 260 g/mol. The van der Waals surface area contributed by atoms with Crippen LogP contribution in [-0.2, 0) is 11.3 Å². The van der Waals surface area contributed by atoms with Crippen LogP contribution in [0.4, 0.5) is 0 Å². The lowest BCUT2D eigenvalue weighted by molar-refractivity contribution is -0.127. The summed E-state index contributed by atoms with van der Waals surface area (Å²) in [5.41, 5.74) is 0. The fourth-order valence-electron chi connectivity index (χ4n) is 1.54. The maximum Gasteiger partial charge on any atom is 0.261 e. The van der Waals surface area contributed by atoms with E-state index in [0.29, 0.717) is 11.6 Å². The van der Waals surface area contributed by atoms with Crippen molar-refractivity contribution in [1.82, 2.24) is 20.5 Å². The zero-order chi connectivity index (χ0) is 14.4. The molecule has 7 heteroatoms. The molecule has 0 spiro atoms. The van der Waals surface area contributed by atoms with E-state index in [-0.39, 0.29) is 12.5 Å². The number of aromatic amines is 1. The topological polar surface area (TPSA) is 89.1 Å². The van der Waals surface area contributed by atoms with Gasteiger partial charge in [-0.05, 0) is 31.2 Å². The molecule has 0 aliphatic rings. The Bertz CT molecular complexity index is 539. The van der Waals surface area contributed by atoms with Crippen LogP contribution in [0.2, 0.25) is 0 Å². The minimum Gasteiger partial charge on any atom is -0.497 e. The van der Waals surface area contributed by atoms with E-state index in [1.807, 2.05) is 0 Å². The number of nitrogens with one attached hydrogen (secondary N) is 2. The molecule has 1 aromatic heterocycles. The summed E-state index contributed by atoms with van der Waals surface area (Å²) in [6.45, 7) is 1.97. The van der Waals surface area contributed by atoms with Crippen LogP contribution in [0.1, 0.15) is 12.7 Å². The maximum absolute atomic E-state index is 11.8. The average molecular weight is 276 g/mol. The van der Waals surface area contributed by atoms with Crippen LogP contribution in [0.15, 0.2) is 30.6 Å². The van der Waals surface area contributed by atoms with Crippen LogP contribution in [-0.4, -0.2) is 34.3 Å². The number of rotatable bonds is 6. The molecule has 0 bridgehead atoms. The van der Waals surface area contributed by atoms with Gasteiger partial charge in [-0.3, -0.25) is 9.89 Å². The Labute approximate surface area is 116 Å². The number of methoxy groups -OCH3 is 1. The largest absolute Gasteiger partial charge is 0.497 e. The Morgan fingerprint density at radius 1 is 1.35 bits per heavy atom. The summed E-state index contributed by atoms with van der Waals surface area (Å²) >= 11 is 0. The SMILES string of the molecule is COc1ccc(OC(C)C(=O)NCc2ncn[nH]2)cc1. The Hall–Kier alpha value is -2.57. The zero-order valence-corrected chi connectivity index (χ0v) is 11.3. The molecule has 0 fully saturated rings. The Morgan fingerprint density at radius 2 is 2.05 bits per heavy atom. The number of carbonyl (C=O) groups is 1. The number of carbonyl (C=O) groups excluding carboxylic acids is 1. The zero-order valence-electron chi connectivity index (χ0n) is 11.3. The van der Waals surface area contributed by atoms with Gasteiger partial charge in [-0.1, -0.05) is 0 Å². The second kappa shape index (κ2) is 6.55. The molecule has 0 aliphatic heterocycles. The van der Waals surface area contributed by atoms with Gasteiger partial charge in [0.25, 0.3) is 5.91 Å². The smallest absolute Gasteiger partial charge is 0.261 e. The third-order valence-corrected chi connectivity index (χ3v) is 2.64. The third-order valence-electron chi connectivity index (χ3n) is 2.64. The Balaban J connectivity index is 1.83. The summed E-state index contributed by atoms with van der Waals surface area (Å²) in [5, 5.41) is 9.07. The van der Waals surface area contributed by atoms with Gasteiger partial charge in [-0.15, -0.1) is 0 Å². The van der Waals surface area contributed by atoms with Gasteiger partial charge in [-0.2, -0.15) is 5.10 Å². The first-order valence-corrected chi connectivity index (χ1v) is 6.11. The maximum atomic E-state index is 11.8. The van der Waals surface area contributed by atoms with Crippen LogP contribution in [0.5, 0.6) is 11.5 Å². The molecule has 1 heterocycles. The van der Waals surface area contributed by atoms with E-state index in [9.17, 15) is 4.79 Å². The van der Waals surface area contributed by atoms with Crippen molar-refractivity contribution >= 4 is 5.91 Å². The fraction of sp³-hybridized carbons (Fsp3) is 0.308. The second-order valence-electron chi connectivity index (χ2n) is 4.09. The number of ether oxygens (including phenoxy) is 2. The van der Waals surface area contributed by atoms with Crippen molar-refractivity contribution in [3.05, 3.63) is 36.4 Å². The van der Waals surface area contributed by atoms with Crippen molar-refractivity contribution in [1.29, 1.82) is 0 Å². The molecular formula is C13H16N4O3. The molecule has 1 amide bonds. The molecule has 0 saturated carbocycles. The van der Waals surface area contributed by atoms with Gasteiger partial charge in [0.1, 0.15) is 23.7 Å². The van der Waals surface area contributed by atoms with Gasteiger partial charge in [0.05, 0.1) is 13.7 Å². The molecule has 106 valence electrons. The van der Waals surface area contributed by atoms with Crippen LogP contribution >= 0.6 is 0 Å². The van der Waals surface area contributed by atoms with Gasteiger partial charge in [0.2, 0.25) is 0 Å². The lowest BCUT2D eigenvalue weighted by atomic mass is 10.3. The summed E-state index contributed by atoms with van der Waals surface area (Å²) in [7, 11) is 1.59. The van der Waals surface area contributed by atoms with Crippen LogP contribution in [0, 0.1) is 0 Å². The quantitative estimate of drug-likeness (QED) is 0.818. The van der Waals surface area contributed by atoms with E-state index >= 15 is 0 Å². The molecule has 1 atom stereocenters. The molecule has 7 nitrogen and oxygen atoms in total. The second-order valence-corrected chi connectivity index (χ2v) is 4.09. The first-order chi connectivity index (χ1) is 9.69. The van der Waals surface area contributed by atoms with Crippen molar-refractivity contribution in [2.45, 2.75) is 19.6 Å². The summed E-state index contributed by atoms with van der Waals surface area (Å²) in [6.07, 6.45) is 0.782. The molecule has 20 heavy (non-hydrogen) atoms. The Morgan fingerprint density at radius 3 is 2.65 bits per heavy atom. The number of hydrogen-bond donors (Lipinski definition) is 2. The molecule has 2 aromatic rings. The highest BCUT2D eigenvalue weighted by atomic mass is 16.5. The van der Waals surface area contributed by atoms with E-state index in [0.717, 1.165) is 5.75 Å². The van der Waals surface area contributed by atoms with Crippen LogP contribution in [0.3, 0.4) is 0 Å². The van der Waals surface area contributed by atoms with E-state index < -0.39 is 6.10 Å². The number of nitrogens with zero attached hydrogens (tertiary/aromatic N) is 2. The van der Waals surface area contributed by atoms with Gasteiger partial charge in [0.15, 0.2) is 6.10 Å². The first kappa shape index (κ1) is 13.9. The van der Waals surface area contributed by atoms with Gasteiger partial charge < -0.3 is 14.8 Å². The molecule has 0 aliphatic carbocycles. The lowest BCUT2D eigenvalue weighted by Gasteiger charge is -2.14. The number of aromatic nitrogens is 3. The van der Waals surface area contributed by atoms with Crippen molar-refractivity contribution in [2.75, 3.05) is 7.11 Å². The van der Waals surface area contributed by atoms with E-state index in [1.54, 1.807) is 38.3 Å². The van der Waals surface area contributed by atoms with Crippen LogP contribution < -0.4 is 14.8 Å². The number of amides is 1. The van der Waals surface area contributed by atoms with Crippen molar-refractivity contribution < 1.29 is 14.3 Å². The summed E-state index contributed by atoms with van der Waals surface area (Å²) in [5.74, 6) is 1.71. The minimum absolute atomic E-state index is 0.225. The minimum atomic E-state index is -0.605. The normalized spacial score (nSPS) is 11.7. The highest BCUT2D eigenvalue weighted by molar-refractivity contribution is 5.80. The van der Waals surface area contributed by atoms with E-state index in [4.69, 9.17) is 9.47 Å². The van der Waals surface area contributed by atoms with Crippen molar-refractivity contribution in [2.24, 2.45) is 0 Å². The van der Waals surface area contributed by atoms with E-state index in [1.165, 1.54) is 6.33 Å². The Kier molecular flexibility index (Phi) is 4.54. The third kappa shape index (κ3) is 3.71. The molecule has 1 aromatic carbocycles. The van der Waals surface area contributed by atoms with Gasteiger partial charge in [0, 0.05) is 0 Å². The predicted octanol–water partition coefficient (Wildman–Crippen LogP) is 0.897. The molecule has 2 rings (SSSR count). The predicted molar refractivity (Wildman–Crippen MR) is 71.3 cm³/mol. The first-order valence-electron chi connectivity index (χ1n) is 6.11. The fourth-order valence-corrected chi connectivity index (χ4v) is 1.54. The number of H-pyrrole nitrogens is 1. The van der Waals surface area contributed by atoms with Crippen molar-refractivity contribution in [3.8, 4) is 11.5 Å². The summed E-state index contributed by atoms with van der Waals surface area (Å²) in [4.78, 5) is 15.8. The monoisotopic (exact) mass is 276 g/mol. The highest BCUT2D eigenvalue weighted by Crippen LogP contribution is 2.18. The molecule has 2 N–H and O–H groups in total. The highest BCUT2D eigenvalue weighted by Gasteiger charge is 2.14. The van der Waals surface area contributed by atoms with Gasteiger partial charge >= 0.3 is 0 Å². The van der Waals surface area contributed by atoms with Crippen LogP contribution in [0.25, 0.3) is 0 Å². The van der Waals surface area contributed by atoms with E-state index in [2.05, 4.69) is 20.5 Å².